The van der Waals surface area contributed by atoms with E-state index < -0.39 is 10.0 Å². The van der Waals surface area contributed by atoms with Gasteiger partial charge in [-0.15, -0.1) is 0 Å². The van der Waals surface area contributed by atoms with Gasteiger partial charge < -0.3 is 10.5 Å². The van der Waals surface area contributed by atoms with E-state index in [-0.39, 0.29) is 18.9 Å². The average molecular weight is 262 g/mol. The molecule has 0 aliphatic rings. The monoisotopic (exact) mass is 262 g/mol. The fraction of sp³-hybridized carbons (Fsp3) is 0.667. The zero-order valence-corrected chi connectivity index (χ0v) is 10.6. The SMILES string of the molecule is Cc1[nH]ncc1CNS(=O)(=O)CCOCCN. The van der Waals surface area contributed by atoms with Crippen LogP contribution in [0.3, 0.4) is 0 Å². The maximum atomic E-state index is 11.5. The highest BCUT2D eigenvalue weighted by molar-refractivity contribution is 7.89. The summed E-state index contributed by atoms with van der Waals surface area (Å²) in [4.78, 5) is 0. The molecule has 0 radical (unpaired) electrons. The minimum Gasteiger partial charge on any atom is -0.379 e. The molecule has 0 saturated heterocycles. The number of hydrogen-bond donors (Lipinski definition) is 3. The topological polar surface area (TPSA) is 110 Å². The number of sulfonamides is 1. The van der Waals surface area contributed by atoms with Crippen molar-refractivity contribution in [2.24, 2.45) is 5.73 Å². The van der Waals surface area contributed by atoms with E-state index in [9.17, 15) is 8.42 Å². The summed E-state index contributed by atoms with van der Waals surface area (Å²) in [5, 5.41) is 6.55. The largest absolute Gasteiger partial charge is 0.379 e. The third-order valence-corrected chi connectivity index (χ3v) is 3.46. The summed E-state index contributed by atoms with van der Waals surface area (Å²) in [6, 6.07) is 0. The van der Waals surface area contributed by atoms with Crippen LogP contribution in [-0.2, 0) is 21.3 Å². The quantitative estimate of drug-likeness (QED) is 0.527. The summed E-state index contributed by atoms with van der Waals surface area (Å²) in [5.74, 6) is -0.0656. The molecule has 0 amide bonds. The first kappa shape index (κ1) is 14.1. The second-order valence-electron chi connectivity index (χ2n) is 3.56. The van der Waals surface area contributed by atoms with Gasteiger partial charge in [0.15, 0.2) is 0 Å². The van der Waals surface area contributed by atoms with Gasteiger partial charge in [0.25, 0.3) is 0 Å². The van der Waals surface area contributed by atoms with Crippen LogP contribution in [0.5, 0.6) is 0 Å². The molecular formula is C9H18N4O3S. The van der Waals surface area contributed by atoms with Crippen LogP contribution < -0.4 is 10.5 Å². The summed E-state index contributed by atoms with van der Waals surface area (Å²) in [6.07, 6.45) is 1.60. The molecule has 0 saturated carbocycles. The molecule has 1 rings (SSSR count). The van der Waals surface area contributed by atoms with Crippen molar-refractivity contribution in [3.8, 4) is 0 Å². The first-order chi connectivity index (χ1) is 8.05. The molecule has 0 aromatic carbocycles. The van der Waals surface area contributed by atoms with Gasteiger partial charge in [-0.2, -0.15) is 5.10 Å². The van der Waals surface area contributed by atoms with Crippen LogP contribution >= 0.6 is 0 Å². The van der Waals surface area contributed by atoms with Crippen LogP contribution in [0.2, 0.25) is 0 Å². The summed E-state index contributed by atoms with van der Waals surface area (Å²) in [7, 11) is -3.31. The number of nitrogens with zero attached hydrogens (tertiary/aromatic N) is 1. The van der Waals surface area contributed by atoms with E-state index in [0.29, 0.717) is 13.2 Å². The van der Waals surface area contributed by atoms with Crippen LogP contribution in [0.1, 0.15) is 11.3 Å². The minimum atomic E-state index is -3.31. The van der Waals surface area contributed by atoms with Crippen LogP contribution in [-0.4, -0.2) is 44.1 Å². The van der Waals surface area contributed by atoms with Gasteiger partial charge in [0, 0.05) is 24.3 Å². The predicted molar refractivity (Wildman–Crippen MR) is 63.8 cm³/mol. The number of aryl methyl sites for hydroxylation is 1. The first-order valence-corrected chi connectivity index (χ1v) is 6.94. The molecule has 4 N–H and O–H groups in total. The Morgan fingerprint density at radius 3 is 2.88 bits per heavy atom. The van der Waals surface area contributed by atoms with Crippen LogP contribution in [0.25, 0.3) is 0 Å². The Morgan fingerprint density at radius 1 is 1.53 bits per heavy atom. The summed E-state index contributed by atoms with van der Waals surface area (Å²) in [6.45, 7) is 2.98. The highest BCUT2D eigenvalue weighted by Crippen LogP contribution is 2.02. The summed E-state index contributed by atoms with van der Waals surface area (Å²) in [5.41, 5.74) is 6.90. The van der Waals surface area contributed by atoms with E-state index in [4.69, 9.17) is 10.5 Å². The highest BCUT2D eigenvalue weighted by Gasteiger charge is 2.11. The van der Waals surface area contributed by atoms with Crippen molar-refractivity contribution in [2.75, 3.05) is 25.5 Å². The number of hydrogen-bond acceptors (Lipinski definition) is 5. The molecule has 17 heavy (non-hydrogen) atoms. The van der Waals surface area contributed by atoms with Crippen molar-refractivity contribution in [3.05, 3.63) is 17.5 Å². The van der Waals surface area contributed by atoms with Crippen molar-refractivity contribution < 1.29 is 13.2 Å². The molecule has 7 nitrogen and oxygen atoms in total. The molecule has 0 bridgehead atoms. The minimum absolute atomic E-state index is 0.0656. The van der Waals surface area contributed by atoms with Crippen molar-refractivity contribution in [1.82, 2.24) is 14.9 Å². The lowest BCUT2D eigenvalue weighted by Gasteiger charge is -2.06. The molecule has 1 aromatic heterocycles. The molecule has 0 aliphatic carbocycles. The third-order valence-electron chi connectivity index (χ3n) is 2.18. The summed E-state index contributed by atoms with van der Waals surface area (Å²) >= 11 is 0. The molecule has 1 aromatic rings. The Hall–Kier alpha value is -0.960. The Balaban J connectivity index is 2.32. The van der Waals surface area contributed by atoms with Gasteiger partial charge in [0.1, 0.15) is 0 Å². The van der Waals surface area contributed by atoms with Crippen LogP contribution in [0.4, 0.5) is 0 Å². The molecule has 0 unspecified atom stereocenters. The number of aromatic amines is 1. The van der Waals surface area contributed by atoms with Crippen molar-refractivity contribution in [1.29, 1.82) is 0 Å². The number of nitrogens with two attached hydrogens (primary N) is 1. The van der Waals surface area contributed by atoms with Crippen LogP contribution in [0.15, 0.2) is 6.20 Å². The molecular weight excluding hydrogens is 244 g/mol. The predicted octanol–water partition coefficient (Wildman–Crippen LogP) is -0.887. The normalized spacial score (nSPS) is 11.9. The zero-order chi connectivity index (χ0) is 12.7. The number of H-pyrrole nitrogens is 1. The van der Waals surface area contributed by atoms with E-state index in [2.05, 4.69) is 14.9 Å². The number of aromatic nitrogens is 2. The molecule has 0 atom stereocenters. The molecule has 1 heterocycles. The van der Waals surface area contributed by atoms with Gasteiger partial charge in [-0.25, -0.2) is 13.1 Å². The molecule has 98 valence electrons. The lowest BCUT2D eigenvalue weighted by atomic mass is 10.3. The molecule has 8 heteroatoms. The Morgan fingerprint density at radius 2 is 2.29 bits per heavy atom. The van der Waals surface area contributed by atoms with Gasteiger partial charge >= 0.3 is 0 Å². The Labute approximate surface area is 101 Å². The number of nitrogens with one attached hydrogen (secondary N) is 2. The lowest BCUT2D eigenvalue weighted by molar-refractivity contribution is 0.156. The van der Waals surface area contributed by atoms with E-state index in [1.54, 1.807) is 6.20 Å². The second-order valence-corrected chi connectivity index (χ2v) is 5.49. The number of ether oxygens (including phenoxy) is 1. The van der Waals surface area contributed by atoms with E-state index in [0.717, 1.165) is 11.3 Å². The average Bonchev–Trinajstić information content (AvgIpc) is 2.68. The standard InChI is InChI=1S/C9H18N4O3S/c1-8-9(6-11-13-8)7-12-17(14,15)5-4-16-3-2-10/h6,12H,2-5,7,10H2,1H3,(H,11,13). The lowest BCUT2D eigenvalue weighted by Crippen LogP contribution is -2.28. The maximum absolute atomic E-state index is 11.5. The summed E-state index contributed by atoms with van der Waals surface area (Å²) < 4.78 is 30.6. The van der Waals surface area contributed by atoms with Gasteiger partial charge in [0.05, 0.1) is 25.2 Å². The van der Waals surface area contributed by atoms with Crippen molar-refractivity contribution >= 4 is 10.0 Å². The fourth-order valence-corrected chi connectivity index (χ4v) is 2.02. The fourth-order valence-electron chi connectivity index (χ4n) is 1.17. The Bertz CT molecular complexity index is 429. The van der Waals surface area contributed by atoms with Crippen molar-refractivity contribution in [2.45, 2.75) is 13.5 Å². The van der Waals surface area contributed by atoms with Gasteiger partial charge in [-0.3, -0.25) is 5.10 Å². The Kier molecular flexibility index (Phi) is 5.56. The highest BCUT2D eigenvalue weighted by atomic mass is 32.2. The molecule has 0 spiro atoms. The van der Waals surface area contributed by atoms with Crippen molar-refractivity contribution in [3.63, 3.8) is 0 Å². The second kappa shape index (κ2) is 6.70. The number of rotatable bonds is 8. The van der Waals surface area contributed by atoms with Gasteiger partial charge in [0.2, 0.25) is 10.0 Å². The van der Waals surface area contributed by atoms with Gasteiger partial charge in [-0.05, 0) is 6.92 Å². The molecule has 0 aliphatic heterocycles. The smallest absolute Gasteiger partial charge is 0.214 e. The first-order valence-electron chi connectivity index (χ1n) is 5.29. The van der Waals surface area contributed by atoms with E-state index in [1.165, 1.54) is 0 Å². The maximum Gasteiger partial charge on any atom is 0.214 e. The van der Waals surface area contributed by atoms with E-state index in [1.807, 2.05) is 6.92 Å². The van der Waals surface area contributed by atoms with E-state index >= 15 is 0 Å². The molecule has 0 fully saturated rings. The zero-order valence-electron chi connectivity index (χ0n) is 9.77. The van der Waals surface area contributed by atoms with Crippen LogP contribution in [0, 0.1) is 6.92 Å². The van der Waals surface area contributed by atoms with Gasteiger partial charge in [-0.1, -0.05) is 0 Å². The third kappa shape index (κ3) is 5.26.